The predicted octanol–water partition coefficient (Wildman–Crippen LogP) is 2.50. The van der Waals surface area contributed by atoms with Crippen molar-refractivity contribution < 1.29 is 4.79 Å². The van der Waals surface area contributed by atoms with Crippen molar-refractivity contribution in [2.75, 3.05) is 17.4 Å². The Morgan fingerprint density at radius 1 is 1.20 bits per heavy atom. The molecule has 1 heterocycles. The summed E-state index contributed by atoms with van der Waals surface area (Å²) in [6, 6.07) is 1.06. The van der Waals surface area contributed by atoms with Crippen molar-refractivity contribution in [2.45, 2.75) is 44.2 Å². The minimum atomic E-state index is 0.282. The molecule has 1 aliphatic heterocycles. The summed E-state index contributed by atoms with van der Waals surface area (Å²) in [6.07, 6.45) is 5.28. The Hall–Kier alpha value is 0.110. The highest BCUT2D eigenvalue weighted by atomic mass is 35.5. The van der Waals surface area contributed by atoms with Crippen LogP contribution in [0.1, 0.15) is 32.1 Å². The third-order valence-electron chi connectivity index (χ3n) is 3.12. The Balaban J connectivity index is 1.94. The van der Waals surface area contributed by atoms with Crippen LogP contribution in [0.4, 0.5) is 0 Å². The van der Waals surface area contributed by atoms with E-state index in [4.69, 9.17) is 11.6 Å². The molecule has 15 heavy (non-hydrogen) atoms. The number of carbonyl (C=O) groups excluding carboxylic acids is 1. The minimum Gasteiger partial charge on any atom is -0.337 e. The van der Waals surface area contributed by atoms with Gasteiger partial charge in [0.25, 0.3) is 0 Å². The lowest BCUT2D eigenvalue weighted by molar-refractivity contribution is -0.133. The molecule has 0 aromatic carbocycles. The highest BCUT2D eigenvalue weighted by molar-refractivity contribution is 7.99. The number of amides is 1. The second kappa shape index (κ2) is 5.44. The molecule has 1 amide bonds. The fourth-order valence-corrected chi connectivity index (χ4v) is 3.47. The Morgan fingerprint density at radius 2 is 1.80 bits per heavy atom. The molecule has 2 aliphatic rings. The average molecular weight is 248 g/mol. The van der Waals surface area contributed by atoms with Crippen LogP contribution in [0.5, 0.6) is 0 Å². The number of halogens is 1. The summed E-state index contributed by atoms with van der Waals surface area (Å²) in [4.78, 5) is 14.1. The van der Waals surface area contributed by atoms with Crippen molar-refractivity contribution in [3.63, 3.8) is 0 Å². The molecule has 2 fully saturated rings. The van der Waals surface area contributed by atoms with Crippen molar-refractivity contribution in [1.82, 2.24) is 4.90 Å². The molecule has 1 aliphatic carbocycles. The van der Waals surface area contributed by atoms with Crippen molar-refractivity contribution in [2.24, 2.45) is 0 Å². The summed E-state index contributed by atoms with van der Waals surface area (Å²) in [7, 11) is 0. The standard InChI is InChI=1S/C11H18ClNOS/c12-6-3-11(14)13(9-1-2-9)10-4-7-15-8-5-10/h9-10H,1-8H2. The summed E-state index contributed by atoms with van der Waals surface area (Å²) < 4.78 is 0. The number of hydrogen-bond donors (Lipinski definition) is 0. The van der Waals surface area contributed by atoms with Crippen LogP contribution in [0.15, 0.2) is 0 Å². The van der Waals surface area contributed by atoms with Crippen LogP contribution < -0.4 is 0 Å². The van der Waals surface area contributed by atoms with E-state index in [0.717, 1.165) is 0 Å². The van der Waals surface area contributed by atoms with E-state index in [2.05, 4.69) is 4.90 Å². The summed E-state index contributed by atoms with van der Waals surface area (Å²) >= 11 is 7.66. The van der Waals surface area contributed by atoms with E-state index in [1.807, 2.05) is 11.8 Å². The first-order valence-corrected chi connectivity index (χ1v) is 7.46. The SMILES string of the molecule is O=C(CCCl)N(C1CCSCC1)C1CC1. The van der Waals surface area contributed by atoms with Crippen LogP contribution in [0, 0.1) is 0 Å². The second-order valence-corrected chi connectivity index (χ2v) is 5.92. The van der Waals surface area contributed by atoms with Crippen LogP contribution in [-0.2, 0) is 4.79 Å². The van der Waals surface area contributed by atoms with Crippen molar-refractivity contribution in [3.05, 3.63) is 0 Å². The Morgan fingerprint density at radius 3 is 2.33 bits per heavy atom. The molecule has 0 spiro atoms. The van der Waals surface area contributed by atoms with Gasteiger partial charge in [0.15, 0.2) is 0 Å². The normalized spacial score (nSPS) is 22.7. The summed E-state index contributed by atoms with van der Waals surface area (Å²) in [6.45, 7) is 0. The predicted molar refractivity (Wildman–Crippen MR) is 65.6 cm³/mol. The zero-order valence-corrected chi connectivity index (χ0v) is 10.5. The van der Waals surface area contributed by atoms with Gasteiger partial charge < -0.3 is 4.90 Å². The highest BCUT2D eigenvalue weighted by Crippen LogP contribution is 2.33. The summed E-state index contributed by atoms with van der Waals surface area (Å²) in [5, 5.41) is 0. The molecule has 0 atom stereocenters. The Kier molecular flexibility index (Phi) is 4.21. The van der Waals surface area contributed by atoms with E-state index >= 15 is 0 Å². The average Bonchev–Trinajstić information content (AvgIpc) is 3.04. The van der Waals surface area contributed by atoms with Gasteiger partial charge in [-0.1, -0.05) is 0 Å². The van der Waals surface area contributed by atoms with Gasteiger partial charge in [0.2, 0.25) is 5.91 Å². The molecular formula is C11H18ClNOS. The van der Waals surface area contributed by atoms with Gasteiger partial charge in [-0.25, -0.2) is 0 Å². The van der Waals surface area contributed by atoms with Gasteiger partial charge in [-0.2, -0.15) is 11.8 Å². The molecule has 1 saturated carbocycles. The van der Waals surface area contributed by atoms with E-state index in [0.29, 0.717) is 24.4 Å². The van der Waals surface area contributed by atoms with Gasteiger partial charge in [-0.05, 0) is 37.2 Å². The van der Waals surface area contributed by atoms with Gasteiger partial charge >= 0.3 is 0 Å². The fraction of sp³-hybridized carbons (Fsp3) is 0.909. The number of carbonyl (C=O) groups is 1. The quantitative estimate of drug-likeness (QED) is 0.712. The molecule has 0 unspecified atom stereocenters. The van der Waals surface area contributed by atoms with Crippen LogP contribution in [-0.4, -0.2) is 40.3 Å². The van der Waals surface area contributed by atoms with Crippen molar-refractivity contribution in [3.8, 4) is 0 Å². The molecular weight excluding hydrogens is 230 g/mol. The molecule has 0 aromatic heterocycles. The first-order valence-electron chi connectivity index (χ1n) is 5.78. The molecule has 0 aromatic rings. The molecule has 2 nitrogen and oxygen atoms in total. The first-order chi connectivity index (χ1) is 7.33. The van der Waals surface area contributed by atoms with Gasteiger partial charge in [0.1, 0.15) is 0 Å². The monoisotopic (exact) mass is 247 g/mol. The van der Waals surface area contributed by atoms with E-state index in [-0.39, 0.29) is 5.91 Å². The Labute approximate surface area is 101 Å². The lowest BCUT2D eigenvalue weighted by Gasteiger charge is -2.34. The number of hydrogen-bond acceptors (Lipinski definition) is 2. The molecule has 0 bridgehead atoms. The lowest BCUT2D eigenvalue weighted by Crippen LogP contribution is -2.43. The fourth-order valence-electron chi connectivity index (χ4n) is 2.23. The number of rotatable bonds is 4. The third-order valence-corrected chi connectivity index (χ3v) is 4.36. The molecule has 2 rings (SSSR count). The molecule has 86 valence electrons. The first kappa shape index (κ1) is 11.6. The van der Waals surface area contributed by atoms with Crippen molar-refractivity contribution in [1.29, 1.82) is 0 Å². The van der Waals surface area contributed by atoms with Gasteiger partial charge in [0, 0.05) is 24.4 Å². The largest absolute Gasteiger partial charge is 0.337 e. The number of thioether (sulfide) groups is 1. The van der Waals surface area contributed by atoms with E-state index in [1.165, 1.54) is 37.2 Å². The number of alkyl halides is 1. The summed E-state index contributed by atoms with van der Waals surface area (Å²) in [5.74, 6) is 3.16. The van der Waals surface area contributed by atoms with Gasteiger partial charge in [0.05, 0.1) is 0 Å². The van der Waals surface area contributed by atoms with E-state index < -0.39 is 0 Å². The van der Waals surface area contributed by atoms with Gasteiger partial charge in [-0.3, -0.25) is 4.79 Å². The zero-order valence-electron chi connectivity index (χ0n) is 8.95. The molecule has 4 heteroatoms. The summed E-state index contributed by atoms with van der Waals surface area (Å²) in [5.41, 5.74) is 0. The maximum atomic E-state index is 12.0. The van der Waals surface area contributed by atoms with Crippen LogP contribution in [0.25, 0.3) is 0 Å². The number of nitrogens with zero attached hydrogens (tertiary/aromatic N) is 1. The highest BCUT2D eigenvalue weighted by Gasteiger charge is 2.37. The van der Waals surface area contributed by atoms with Crippen LogP contribution >= 0.6 is 23.4 Å². The smallest absolute Gasteiger partial charge is 0.224 e. The third kappa shape index (κ3) is 3.04. The molecule has 0 radical (unpaired) electrons. The van der Waals surface area contributed by atoms with Crippen LogP contribution in [0.2, 0.25) is 0 Å². The zero-order chi connectivity index (χ0) is 10.7. The molecule has 1 saturated heterocycles. The lowest BCUT2D eigenvalue weighted by atomic mass is 10.1. The molecule has 0 N–H and O–H groups in total. The minimum absolute atomic E-state index is 0.282. The van der Waals surface area contributed by atoms with E-state index in [1.54, 1.807) is 0 Å². The Bertz CT molecular complexity index is 227. The topological polar surface area (TPSA) is 20.3 Å². The maximum Gasteiger partial charge on any atom is 0.224 e. The van der Waals surface area contributed by atoms with Gasteiger partial charge in [-0.15, -0.1) is 11.6 Å². The second-order valence-electron chi connectivity index (χ2n) is 4.31. The van der Waals surface area contributed by atoms with Crippen molar-refractivity contribution >= 4 is 29.3 Å². The van der Waals surface area contributed by atoms with Crippen LogP contribution in [0.3, 0.4) is 0 Å². The van der Waals surface area contributed by atoms with E-state index in [9.17, 15) is 4.79 Å². The maximum absolute atomic E-state index is 12.0.